The summed E-state index contributed by atoms with van der Waals surface area (Å²) in [6, 6.07) is 19.4. The summed E-state index contributed by atoms with van der Waals surface area (Å²) < 4.78 is 18.5. The second kappa shape index (κ2) is 12.4. The zero-order valence-corrected chi connectivity index (χ0v) is 23.1. The monoisotopic (exact) mass is 524 g/mol. The van der Waals surface area contributed by atoms with Gasteiger partial charge >= 0.3 is 5.97 Å². The molecule has 1 unspecified atom stereocenters. The lowest BCUT2D eigenvalue weighted by Crippen LogP contribution is -2.48. The van der Waals surface area contributed by atoms with Crippen molar-refractivity contribution in [3.8, 4) is 11.8 Å². The van der Waals surface area contributed by atoms with Crippen molar-refractivity contribution in [3.05, 3.63) is 96.1 Å². The van der Waals surface area contributed by atoms with Crippen molar-refractivity contribution in [2.75, 3.05) is 13.2 Å². The number of allylic oxidation sites excluding steroid dienone is 2. The van der Waals surface area contributed by atoms with Crippen LogP contribution < -0.4 is 0 Å². The maximum Gasteiger partial charge on any atom is 0.338 e. The van der Waals surface area contributed by atoms with Crippen LogP contribution in [0, 0.1) is 22.7 Å². The maximum atomic E-state index is 13.1. The number of ether oxygens (including phenoxy) is 3. The van der Waals surface area contributed by atoms with Crippen LogP contribution in [-0.2, 0) is 14.2 Å². The molecule has 39 heavy (non-hydrogen) atoms. The van der Waals surface area contributed by atoms with Crippen LogP contribution in [0.15, 0.2) is 85.0 Å². The molecule has 0 radical (unpaired) electrons. The summed E-state index contributed by atoms with van der Waals surface area (Å²) in [7, 11) is 0. The molecule has 2 aliphatic carbocycles. The molecule has 1 saturated heterocycles. The minimum absolute atomic E-state index is 0.0895. The van der Waals surface area contributed by atoms with Crippen molar-refractivity contribution in [2.45, 2.75) is 76.6 Å². The summed E-state index contributed by atoms with van der Waals surface area (Å²) in [5.41, 5.74) is 1.34. The van der Waals surface area contributed by atoms with E-state index in [1.54, 1.807) is 0 Å². The van der Waals surface area contributed by atoms with Gasteiger partial charge < -0.3 is 14.2 Å². The highest BCUT2D eigenvalue weighted by Gasteiger charge is 2.52. The van der Waals surface area contributed by atoms with Crippen molar-refractivity contribution in [2.24, 2.45) is 10.8 Å². The minimum Gasteiger partial charge on any atom is -0.454 e. The molecule has 2 atom stereocenters. The summed E-state index contributed by atoms with van der Waals surface area (Å²) in [4.78, 5) is 13.1. The summed E-state index contributed by atoms with van der Waals surface area (Å²) >= 11 is 0. The zero-order valence-electron chi connectivity index (χ0n) is 23.1. The van der Waals surface area contributed by atoms with Gasteiger partial charge in [-0.2, -0.15) is 0 Å². The number of esters is 1. The predicted molar refractivity (Wildman–Crippen MR) is 154 cm³/mol. The number of carbonyl (C=O) groups is 1. The Morgan fingerprint density at radius 1 is 0.923 bits per heavy atom. The van der Waals surface area contributed by atoms with Gasteiger partial charge in [-0.1, -0.05) is 86.2 Å². The molecule has 2 aromatic rings. The average Bonchev–Trinajstić information content (AvgIpc) is 3.43. The lowest BCUT2D eigenvalue weighted by molar-refractivity contribution is -0.235. The fraction of sp³-hybridized carbons (Fsp3) is 0.457. The van der Waals surface area contributed by atoms with Crippen molar-refractivity contribution in [1.82, 2.24) is 0 Å². The third kappa shape index (κ3) is 6.21. The highest BCUT2D eigenvalue weighted by molar-refractivity contribution is 5.89. The molecule has 0 N–H and O–H groups in total. The molecule has 0 bridgehead atoms. The summed E-state index contributed by atoms with van der Waals surface area (Å²) in [6.07, 6.45) is 17.3. The van der Waals surface area contributed by atoms with Gasteiger partial charge in [-0.05, 0) is 62.4 Å². The number of rotatable bonds is 8. The van der Waals surface area contributed by atoms with E-state index in [1.165, 1.54) is 6.42 Å². The molecule has 2 saturated carbocycles. The molecule has 4 nitrogen and oxygen atoms in total. The molecule has 2 aromatic carbocycles. The molecular formula is C35H40O4. The Balaban J connectivity index is 1.33. The highest BCUT2D eigenvalue weighted by atomic mass is 16.7. The quantitative estimate of drug-likeness (QED) is 0.202. The molecule has 5 rings (SSSR count). The standard InChI is InChI=1S/C35H40O4/c1-33(22-12-13-26-35(33)37-27-28-38-35)21-10-9-20-31(39-32(36)30-18-6-3-7-19-30)34(24-14-25-34)23-11-8-17-29-15-4-2-5-16-29/h2-7,9-10,15-16,18-21,31H,11-14,22-28H2,1H3/b20-9+,21-10+/t31?,33-/m1/s1. The molecule has 0 amide bonds. The Morgan fingerprint density at radius 2 is 1.62 bits per heavy atom. The van der Waals surface area contributed by atoms with Crippen LogP contribution in [0.2, 0.25) is 0 Å². The fourth-order valence-corrected chi connectivity index (χ4v) is 6.33. The fourth-order valence-electron chi connectivity index (χ4n) is 6.33. The SMILES string of the molecule is C[C@@]1(/C=C/C=C/C(OC(=O)c2ccccc2)C2(CCC#Cc3ccccc3)CCC2)CCCCC12OCCO2. The lowest BCUT2D eigenvalue weighted by atomic mass is 9.62. The Hall–Kier alpha value is -3.13. The first-order chi connectivity index (χ1) is 19.0. The van der Waals surface area contributed by atoms with Crippen molar-refractivity contribution < 1.29 is 19.0 Å². The van der Waals surface area contributed by atoms with Gasteiger partial charge in [0.15, 0.2) is 5.79 Å². The smallest absolute Gasteiger partial charge is 0.338 e. The zero-order chi connectivity index (χ0) is 27.0. The van der Waals surface area contributed by atoms with Gasteiger partial charge in [0.25, 0.3) is 0 Å². The van der Waals surface area contributed by atoms with Gasteiger partial charge in [-0.15, -0.1) is 0 Å². The van der Waals surface area contributed by atoms with Crippen LogP contribution in [0.5, 0.6) is 0 Å². The normalized spacial score (nSPS) is 24.2. The molecule has 0 aromatic heterocycles. The average molecular weight is 525 g/mol. The molecule has 1 spiro atoms. The van der Waals surface area contributed by atoms with E-state index in [9.17, 15) is 4.79 Å². The maximum absolute atomic E-state index is 13.1. The summed E-state index contributed by atoms with van der Waals surface area (Å²) in [5, 5.41) is 0. The number of carbonyl (C=O) groups excluding carboxylic acids is 1. The molecule has 3 aliphatic rings. The van der Waals surface area contributed by atoms with E-state index < -0.39 is 5.79 Å². The van der Waals surface area contributed by atoms with Gasteiger partial charge in [0.05, 0.1) is 18.8 Å². The topological polar surface area (TPSA) is 44.8 Å². The first-order valence-electron chi connectivity index (χ1n) is 14.5. The van der Waals surface area contributed by atoms with E-state index in [0.29, 0.717) is 18.8 Å². The van der Waals surface area contributed by atoms with E-state index in [1.807, 2.05) is 60.7 Å². The molecule has 3 fully saturated rings. The lowest BCUT2D eigenvalue weighted by Gasteiger charge is -2.46. The Bertz CT molecular complexity index is 1210. The number of benzene rings is 2. The van der Waals surface area contributed by atoms with Gasteiger partial charge in [0.2, 0.25) is 0 Å². The third-order valence-corrected chi connectivity index (χ3v) is 8.89. The summed E-state index contributed by atoms with van der Waals surface area (Å²) in [6.45, 7) is 3.56. The minimum atomic E-state index is -0.513. The van der Waals surface area contributed by atoms with Crippen molar-refractivity contribution in [3.63, 3.8) is 0 Å². The summed E-state index contributed by atoms with van der Waals surface area (Å²) in [5.74, 6) is 5.84. The van der Waals surface area contributed by atoms with Crippen molar-refractivity contribution in [1.29, 1.82) is 0 Å². The predicted octanol–water partition coefficient (Wildman–Crippen LogP) is 7.65. The van der Waals surface area contributed by atoms with E-state index in [2.05, 4.69) is 43.1 Å². The third-order valence-electron chi connectivity index (χ3n) is 8.89. The van der Waals surface area contributed by atoms with E-state index in [4.69, 9.17) is 14.2 Å². The van der Waals surface area contributed by atoms with Gasteiger partial charge in [0.1, 0.15) is 6.10 Å². The second-order valence-electron chi connectivity index (χ2n) is 11.4. The Kier molecular flexibility index (Phi) is 8.70. The van der Waals surface area contributed by atoms with E-state index in [-0.39, 0.29) is 22.9 Å². The molecule has 204 valence electrons. The molecule has 4 heteroatoms. The largest absolute Gasteiger partial charge is 0.454 e. The second-order valence-corrected chi connectivity index (χ2v) is 11.4. The van der Waals surface area contributed by atoms with Crippen LogP contribution in [0.1, 0.15) is 80.6 Å². The molecular weight excluding hydrogens is 484 g/mol. The van der Waals surface area contributed by atoms with Crippen molar-refractivity contribution >= 4 is 5.97 Å². The van der Waals surface area contributed by atoms with E-state index in [0.717, 1.165) is 56.9 Å². The number of hydrogen-bond donors (Lipinski definition) is 0. The van der Waals surface area contributed by atoms with E-state index >= 15 is 0 Å². The van der Waals surface area contributed by atoms with Gasteiger partial charge in [-0.3, -0.25) is 0 Å². The van der Waals surface area contributed by atoms with Crippen LogP contribution in [0.25, 0.3) is 0 Å². The molecule has 1 heterocycles. The van der Waals surface area contributed by atoms with Gasteiger partial charge in [-0.25, -0.2) is 4.79 Å². The Morgan fingerprint density at radius 3 is 2.31 bits per heavy atom. The first-order valence-corrected chi connectivity index (χ1v) is 14.5. The molecule has 1 aliphatic heterocycles. The highest BCUT2D eigenvalue weighted by Crippen LogP contribution is 2.51. The van der Waals surface area contributed by atoms with Crippen LogP contribution in [-0.4, -0.2) is 31.1 Å². The number of hydrogen-bond acceptors (Lipinski definition) is 4. The van der Waals surface area contributed by atoms with Crippen LogP contribution in [0.4, 0.5) is 0 Å². The van der Waals surface area contributed by atoms with Gasteiger partial charge in [0, 0.05) is 29.2 Å². The first kappa shape index (κ1) is 27.4. The van der Waals surface area contributed by atoms with Crippen LogP contribution in [0.3, 0.4) is 0 Å². The Labute approximate surface area is 233 Å². The van der Waals surface area contributed by atoms with Crippen LogP contribution >= 0.6 is 0 Å².